The van der Waals surface area contributed by atoms with Gasteiger partial charge in [-0.2, -0.15) is 0 Å². The van der Waals surface area contributed by atoms with Gasteiger partial charge in [0.2, 0.25) is 0 Å². The molecule has 0 heterocycles. The van der Waals surface area contributed by atoms with E-state index in [1.807, 2.05) is 18.2 Å². The predicted octanol–water partition coefficient (Wildman–Crippen LogP) is 10.3. The van der Waals surface area contributed by atoms with Crippen molar-refractivity contribution in [3.63, 3.8) is 0 Å². The molecule has 2 aromatic rings. The molecule has 41 heavy (non-hydrogen) atoms. The van der Waals surface area contributed by atoms with Crippen LogP contribution in [0.25, 0.3) is 0 Å². The second kappa shape index (κ2) is 26.0. The molecule has 3 N–H and O–H groups in total. The maximum Gasteiger partial charge on any atom is 0.303 e. The van der Waals surface area contributed by atoms with Crippen molar-refractivity contribution < 1.29 is 41.8 Å². The zero-order chi connectivity index (χ0) is 30.2. The summed E-state index contributed by atoms with van der Waals surface area (Å²) in [7, 11) is 0. The summed E-state index contributed by atoms with van der Waals surface area (Å²) < 4.78 is 0. The molecule has 0 bridgehead atoms. The summed E-state index contributed by atoms with van der Waals surface area (Å²) in [5, 5.41) is 25.9. The standard InChI is InChI=1S/C18H36O2.C15H16O.C3H8O.Ti/c1-17(2)15-13-11-9-7-5-3-4-6-8-10-12-14-16-18(19)20;1-15(2,12-6-4-3-5-7-12)13-8-10-14(16)11-9-13;1-3(2)4;/h17H,3-16H2,1-2H3,(H,19,20);3-11,16H,1-2H3;3-4H,1-2H3;. The van der Waals surface area contributed by atoms with Crippen molar-refractivity contribution in [2.24, 2.45) is 5.92 Å². The van der Waals surface area contributed by atoms with Gasteiger partial charge >= 0.3 is 5.97 Å². The summed E-state index contributed by atoms with van der Waals surface area (Å²) in [5.41, 5.74) is 2.45. The van der Waals surface area contributed by atoms with E-state index in [4.69, 9.17) is 10.2 Å². The van der Waals surface area contributed by atoms with Gasteiger partial charge < -0.3 is 15.3 Å². The maximum absolute atomic E-state index is 10.3. The molecule has 2 rings (SSSR count). The molecule has 0 spiro atoms. The number of hydrogen-bond donors (Lipinski definition) is 3. The van der Waals surface area contributed by atoms with E-state index in [9.17, 15) is 9.90 Å². The van der Waals surface area contributed by atoms with Gasteiger partial charge in [-0.1, -0.05) is 147 Å². The first-order chi connectivity index (χ1) is 19.0. The summed E-state index contributed by atoms with van der Waals surface area (Å²) in [6.45, 7) is 12.4. The third-order valence-corrected chi connectivity index (χ3v) is 7.01. The van der Waals surface area contributed by atoms with E-state index in [0.717, 1.165) is 18.8 Å². The summed E-state index contributed by atoms with van der Waals surface area (Å²) >= 11 is 0. The molecule has 0 saturated carbocycles. The number of phenolic OH excluding ortho intramolecular Hbond substituents is 1. The molecule has 232 valence electrons. The molecule has 0 atom stereocenters. The molecule has 0 amide bonds. The van der Waals surface area contributed by atoms with Crippen molar-refractivity contribution in [3.05, 3.63) is 65.7 Å². The van der Waals surface area contributed by atoms with Crippen molar-refractivity contribution in [1.29, 1.82) is 0 Å². The first kappa shape index (κ1) is 41.5. The van der Waals surface area contributed by atoms with E-state index in [0.29, 0.717) is 12.2 Å². The topological polar surface area (TPSA) is 77.8 Å². The van der Waals surface area contributed by atoms with Crippen LogP contribution in [0.5, 0.6) is 5.75 Å². The Hall–Kier alpha value is -1.62. The smallest absolute Gasteiger partial charge is 0.303 e. The maximum atomic E-state index is 10.3. The summed E-state index contributed by atoms with van der Waals surface area (Å²) in [6, 6.07) is 17.8. The van der Waals surface area contributed by atoms with Gasteiger partial charge in [0.25, 0.3) is 0 Å². The Morgan fingerprint density at radius 1 is 0.659 bits per heavy atom. The molecule has 0 saturated heterocycles. The second-order valence-electron chi connectivity index (χ2n) is 12.2. The SMILES string of the molecule is CC(C)(c1ccccc1)c1ccc(O)cc1.CC(C)CCCCCCCCCCCCCCC(=O)O.CC(C)O.[Ti]. The molecule has 0 aliphatic carbocycles. The molecule has 5 heteroatoms. The van der Waals surface area contributed by atoms with Crippen LogP contribution in [0.3, 0.4) is 0 Å². The Morgan fingerprint density at radius 2 is 1.02 bits per heavy atom. The van der Waals surface area contributed by atoms with Crippen molar-refractivity contribution in [1.82, 2.24) is 0 Å². The minimum atomic E-state index is -0.654. The molecule has 2 aromatic carbocycles. The Kier molecular flexibility index (Phi) is 26.4. The zero-order valence-electron chi connectivity index (χ0n) is 27.0. The average Bonchev–Trinajstić information content (AvgIpc) is 2.89. The number of carboxylic acid groups (broad SMARTS) is 1. The van der Waals surface area contributed by atoms with E-state index in [1.165, 1.54) is 81.8 Å². The fourth-order valence-corrected chi connectivity index (χ4v) is 4.50. The minimum Gasteiger partial charge on any atom is -0.508 e. The largest absolute Gasteiger partial charge is 0.508 e. The number of rotatable bonds is 17. The van der Waals surface area contributed by atoms with Gasteiger partial charge in [0, 0.05) is 39.7 Å². The number of benzene rings is 2. The van der Waals surface area contributed by atoms with Crippen molar-refractivity contribution in [3.8, 4) is 5.75 Å². The normalized spacial score (nSPS) is 10.8. The number of hydrogen-bond acceptors (Lipinski definition) is 3. The summed E-state index contributed by atoms with van der Waals surface area (Å²) in [5.74, 6) is 0.525. The summed E-state index contributed by atoms with van der Waals surface area (Å²) in [6.07, 6.45) is 17.2. The Morgan fingerprint density at radius 3 is 1.41 bits per heavy atom. The predicted molar refractivity (Wildman–Crippen MR) is 171 cm³/mol. The van der Waals surface area contributed by atoms with Crippen LogP contribution in [0.4, 0.5) is 0 Å². The fourth-order valence-electron chi connectivity index (χ4n) is 4.50. The van der Waals surface area contributed by atoms with Crippen LogP contribution < -0.4 is 0 Å². The van der Waals surface area contributed by atoms with Crippen LogP contribution in [-0.2, 0) is 31.9 Å². The first-order valence-corrected chi connectivity index (χ1v) is 15.7. The minimum absolute atomic E-state index is 0. The number of aliphatic hydroxyl groups is 1. The van der Waals surface area contributed by atoms with Gasteiger partial charge in [-0.25, -0.2) is 0 Å². The van der Waals surface area contributed by atoms with E-state index in [1.54, 1.807) is 26.0 Å². The van der Waals surface area contributed by atoms with E-state index in [2.05, 4.69) is 52.0 Å². The molecular formula is C36H60O4Ti. The Labute approximate surface area is 267 Å². The van der Waals surface area contributed by atoms with E-state index >= 15 is 0 Å². The molecule has 4 nitrogen and oxygen atoms in total. The number of carboxylic acids is 1. The molecule has 0 aromatic heterocycles. The van der Waals surface area contributed by atoms with Gasteiger partial charge in [0.15, 0.2) is 0 Å². The number of aliphatic hydroxyl groups excluding tert-OH is 1. The van der Waals surface area contributed by atoms with Crippen LogP contribution in [0.2, 0.25) is 0 Å². The van der Waals surface area contributed by atoms with Crippen LogP contribution in [-0.4, -0.2) is 27.4 Å². The van der Waals surface area contributed by atoms with Crippen LogP contribution in [0, 0.1) is 5.92 Å². The molecular weight excluding hydrogens is 544 g/mol. The molecule has 0 aliphatic heterocycles. The van der Waals surface area contributed by atoms with Crippen LogP contribution >= 0.6 is 0 Å². The monoisotopic (exact) mass is 604 g/mol. The van der Waals surface area contributed by atoms with E-state index in [-0.39, 0.29) is 33.2 Å². The van der Waals surface area contributed by atoms with Gasteiger partial charge in [0.1, 0.15) is 5.75 Å². The Balaban J connectivity index is 0. The van der Waals surface area contributed by atoms with Crippen molar-refractivity contribution in [2.75, 3.05) is 0 Å². The van der Waals surface area contributed by atoms with Crippen LogP contribution in [0.15, 0.2) is 54.6 Å². The first-order valence-electron chi connectivity index (χ1n) is 15.7. The van der Waals surface area contributed by atoms with Gasteiger partial charge in [-0.05, 0) is 49.4 Å². The van der Waals surface area contributed by atoms with Crippen molar-refractivity contribution in [2.45, 2.75) is 143 Å². The average molecular weight is 605 g/mol. The zero-order valence-corrected chi connectivity index (χ0v) is 28.6. The third kappa shape index (κ3) is 24.7. The van der Waals surface area contributed by atoms with E-state index < -0.39 is 5.97 Å². The van der Waals surface area contributed by atoms with Gasteiger partial charge in [-0.3, -0.25) is 4.79 Å². The Bertz CT molecular complexity index is 845. The van der Waals surface area contributed by atoms with Crippen molar-refractivity contribution >= 4 is 5.97 Å². The number of aromatic hydroxyl groups is 1. The fraction of sp³-hybridized carbons (Fsp3) is 0.639. The summed E-state index contributed by atoms with van der Waals surface area (Å²) in [4.78, 5) is 10.3. The molecule has 0 aliphatic rings. The van der Waals surface area contributed by atoms with Gasteiger partial charge in [-0.15, -0.1) is 0 Å². The van der Waals surface area contributed by atoms with Gasteiger partial charge in [0.05, 0.1) is 0 Å². The van der Waals surface area contributed by atoms with Crippen LogP contribution in [0.1, 0.15) is 143 Å². The molecule has 0 unspecified atom stereocenters. The molecule has 0 radical (unpaired) electrons. The number of aliphatic carboxylic acids is 1. The quantitative estimate of drug-likeness (QED) is 0.124. The molecule has 0 fully saturated rings. The third-order valence-electron chi connectivity index (χ3n) is 7.01. The number of carbonyl (C=O) groups is 1. The number of unbranched alkanes of at least 4 members (excludes halogenated alkanes) is 11. The number of phenols is 1. The second-order valence-corrected chi connectivity index (χ2v) is 12.2.